The van der Waals surface area contributed by atoms with Crippen molar-refractivity contribution in [3.63, 3.8) is 0 Å². The van der Waals surface area contributed by atoms with E-state index in [4.69, 9.17) is 0 Å². The summed E-state index contributed by atoms with van der Waals surface area (Å²) in [6.07, 6.45) is 3.33. The lowest BCUT2D eigenvalue weighted by molar-refractivity contribution is -0.134. The van der Waals surface area contributed by atoms with Crippen molar-refractivity contribution in [3.8, 4) is 0 Å². The first kappa shape index (κ1) is 15.1. The van der Waals surface area contributed by atoms with E-state index in [1.807, 2.05) is 4.90 Å². The van der Waals surface area contributed by atoms with E-state index >= 15 is 0 Å². The molecule has 20 heavy (non-hydrogen) atoms. The predicted octanol–water partition coefficient (Wildman–Crippen LogP) is 1.96. The molecule has 2 rings (SSSR count). The van der Waals surface area contributed by atoms with E-state index in [0.29, 0.717) is 28.7 Å². The SMILES string of the molecule is Cc1cc(=O)[nH]c(SCC(=O)N2[C@H](C)CCC[C@@H]2C)n1. The number of rotatable bonds is 3. The number of aromatic amines is 1. The summed E-state index contributed by atoms with van der Waals surface area (Å²) >= 11 is 1.30. The van der Waals surface area contributed by atoms with Gasteiger partial charge in [0.15, 0.2) is 5.16 Å². The molecule has 1 N–H and O–H groups in total. The second-order valence-electron chi connectivity index (χ2n) is 5.41. The van der Waals surface area contributed by atoms with Crippen molar-refractivity contribution in [2.75, 3.05) is 5.75 Å². The number of carbonyl (C=O) groups is 1. The van der Waals surface area contributed by atoms with Crippen LogP contribution in [-0.2, 0) is 4.79 Å². The Kier molecular flexibility index (Phi) is 4.86. The average molecular weight is 295 g/mol. The molecule has 2 heterocycles. The lowest BCUT2D eigenvalue weighted by atomic mass is 9.98. The molecule has 1 saturated heterocycles. The molecule has 0 aliphatic carbocycles. The van der Waals surface area contributed by atoms with Crippen LogP contribution in [0.1, 0.15) is 38.8 Å². The van der Waals surface area contributed by atoms with Crippen molar-refractivity contribution in [2.24, 2.45) is 0 Å². The molecule has 110 valence electrons. The van der Waals surface area contributed by atoms with E-state index in [2.05, 4.69) is 23.8 Å². The summed E-state index contributed by atoms with van der Waals surface area (Å²) in [5, 5.41) is 0.515. The molecule has 2 atom stereocenters. The Hall–Kier alpha value is -1.30. The molecule has 0 aromatic carbocycles. The lowest BCUT2D eigenvalue weighted by Crippen LogP contribution is -2.48. The van der Waals surface area contributed by atoms with E-state index in [1.54, 1.807) is 6.92 Å². The first-order valence-electron chi connectivity index (χ1n) is 6.99. The second kappa shape index (κ2) is 6.43. The Morgan fingerprint density at radius 1 is 1.45 bits per heavy atom. The third-order valence-electron chi connectivity index (χ3n) is 3.66. The molecule has 1 fully saturated rings. The molecule has 6 heteroatoms. The Balaban J connectivity index is 1.99. The van der Waals surface area contributed by atoms with Gasteiger partial charge in [-0.3, -0.25) is 9.59 Å². The minimum atomic E-state index is -0.174. The van der Waals surface area contributed by atoms with Crippen LogP contribution >= 0.6 is 11.8 Å². The zero-order valence-electron chi connectivity index (χ0n) is 12.2. The van der Waals surface area contributed by atoms with Gasteiger partial charge >= 0.3 is 0 Å². The first-order valence-corrected chi connectivity index (χ1v) is 7.98. The van der Waals surface area contributed by atoms with Crippen LogP contribution in [0.2, 0.25) is 0 Å². The highest BCUT2D eigenvalue weighted by Gasteiger charge is 2.28. The normalized spacial score (nSPS) is 22.9. The van der Waals surface area contributed by atoms with Gasteiger partial charge in [0.05, 0.1) is 5.75 Å². The number of amides is 1. The molecular formula is C14H21N3O2S. The second-order valence-corrected chi connectivity index (χ2v) is 6.37. The van der Waals surface area contributed by atoms with Gasteiger partial charge in [-0.05, 0) is 40.0 Å². The molecule has 0 unspecified atom stereocenters. The molecule has 0 bridgehead atoms. The van der Waals surface area contributed by atoms with Crippen LogP contribution in [0, 0.1) is 6.92 Å². The first-order chi connectivity index (χ1) is 9.47. The van der Waals surface area contributed by atoms with Gasteiger partial charge < -0.3 is 9.88 Å². The maximum Gasteiger partial charge on any atom is 0.251 e. The fourth-order valence-electron chi connectivity index (χ4n) is 2.74. The number of nitrogens with zero attached hydrogens (tertiary/aromatic N) is 2. The van der Waals surface area contributed by atoms with Gasteiger partial charge in [0.2, 0.25) is 5.91 Å². The van der Waals surface area contributed by atoms with Crippen LogP contribution in [0.4, 0.5) is 0 Å². The lowest BCUT2D eigenvalue weighted by Gasteiger charge is -2.39. The quantitative estimate of drug-likeness (QED) is 0.684. The van der Waals surface area contributed by atoms with Gasteiger partial charge in [-0.1, -0.05) is 11.8 Å². The number of thioether (sulfide) groups is 1. The fraction of sp³-hybridized carbons (Fsp3) is 0.643. The molecule has 5 nitrogen and oxygen atoms in total. The van der Waals surface area contributed by atoms with Crippen LogP contribution in [0.25, 0.3) is 0 Å². The molecule has 0 radical (unpaired) electrons. The molecule has 1 aromatic rings. The molecule has 1 aromatic heterocycles. The van der Waals surface area contributed by atoms with Crippen LogP contribution < -0.4 is 5.56 Å². The smallest absolute Gasteiger partial charge is 0.251 e. The van der Waals surface area contributed by atoms with Crippen molar-refractivity contribution in [1.29, 1.82) is 0 Å². The maximum atomic E-state index is 12.3. The molecule has 0 spiro atoms. The van der Waals surface area contributed by atoms with Crippen LogP contribution in [0.5, 0.6) is 0 Å². The molecular weight excluding hydrogens is 274 g/mol. The summed E-state index contributed by atoms with van der Waals surface area (Å²) < 4.78 is 0. The number of hydrogen-bond donors (Lipinski definition) is 1. The number of hydrogen-bond acceptors (Lipinski definition) is 4. The van der Waals surface area contributed by atoms with E-state index in [0.717, 1.165) is 12.8 Å². The number of piperidine rings is 1. The minimum absolute atomic E-state index is 0.124. The zero-order valence-corrected chi connectivity index (χ0v) is 13.0. The van der Waals surface area contributed by atoms with Gasteiger partial charge in [-0.15, -0.1) is 0 Å². The maximum absolute atomic E-state index is 12.3. The summed E-state index contributed by atoms with van der Waals surface area (Å²) in [7, 11) is 0. The highest BCUT2D eigenvalue weighted by atomic mass is 32.2. The Morgan fingerprint density at radius 3 is 2.70 bits per heavy atom. The van der Waals surface area contributed by atoms with Gasteiger partial charge in [-0.25, -0.2) is 4.98 Å². The topological polar surface area (TPSA) is 66.1 Å². The number of aryl methyl sites for hydroxylation is 1. The summed E-state index contributed by atoms with van der Waals surface area (Å²) in [5.41, 5.74) is 0.496. The van der Waals surface area contributed by atoms with E-state index in [1.165, 1.54) is 24.2 Å². The molecule has 1 amide bonds. The van der Waals surface area contributed by atoms with Gasteiger partial charge in [0, 0.05) is 23.8 Å². The molecule has 1 aliphatic rings. The predicted molar refractivity (Wildman–Crippen MR) is 79.9 cm³/mol. The van der Waals surface area contributed by atoms with Crippen molar-refractivity contribution < 1.29 is 4.79 Å². The standard InChI is InChI=1S/C14H21N3O2S/c1-9-7-12(18)16-14(15-9)20-8-13(19)17-10(2)5-4-6-11(17)3/h7,10-11H,4-6,8H2,1-3H3,(H,15,16,18)/t10-,11+. The van der Waals surface area contributed by atoms with Crippen LogP contribution in [0.15, 0.2) is 16.0 Å². The van der Waals surface area contributed by atoms with Crippen molar-refractivity contribution >= 4 is 17.7 Å². The van der Waals surface area contributed by atoms with Crippen molar-refractivity contribution in [1.82, 2.24) is 14.9 Å². The number of aromatic nitrogens is 2. The van der Waals surface area contributed by atoms with E-state index < -0.39 is 0 Å². The third kappa shape index (κ3) is 3.62. The number of likely N-dealkylation sites (tertiary alicyclic amines) is 1. The zero-order chi connectivity index (χ0) is 14.7. The monoisotopic (exact) mass is 295 g/mol. The Labute approximate surface area is 123 Å². The van der Waals surface area contributed by atoms with Gasteiger partial charge in [0.1, 0.15) is 0 Å². The highest BCUT2D eigenvalue weighted by molar-refractivity contribution is 7.99. The number of carbonyl (C=O) groups excluding carboxylic acids is 1. The third-order valence-corrected chi connectivity index (χ3v) is 4.52. The average Bonchev–Trinajstić information content (AvgIpc) is 2.35. The summed E-state index contributed by atoms with van der Waals surface area (Å²) in [5.74, 6) is 0.444. The van der Waals surface area contributed by atoms with Gasteiger partial charge in [0.25, 0.3) is 5.56 Å². The van der Waals surface area contributed by atoms with E-state index in [-0.39, 0.29) is 11.5 Å². The van der Waals surface area contributed by atoms with Gasteiger partial charge in [-0.2, -0.15) is 0 Å². The highest BCUT2D eigenvalue weighted by Crippen LogP contribution is 2.24. The molecule has 0 saturated carbocycles. The minimum Gasteiger partial charge on any atom is -0.337 e. The number of H-pyrrole nitrogens is 1. The largest absolute Gasteiger partial charge is 0.337 e. The summed E-state index contributed by atoms with van der Waals surface area (Å²) in [6.45, 7) is 5.98. The Morgan fingerprint density at radius 2 is 2.10 bits per heavy atom. The van der Waals surface area contributed by atoms with Crippen LogP contribution in [-0.4, -0.2) is 38.6 Å². The Bertz CT molecular complexity index is 533. The number of nitrogens with one attached hydrogen (secondary N) is 1. The molecule has 1 aliphatic heterocycles. The summed E-state index contributed by atoms with van der Waals surface area (Å²) in [4.78, 5) is 32.6. The van der Waals surface area contributed by atoms with Crippen LogP contribution in [0.3, 0.4) is 0 Å². The van der Waals surface area contributed by atoms with Crippen molar-refractivity contribution in [3.05, 3.63) is 22.1 Å². The fourth-order valence-corrected chi connectivity index (χ4v) is 3.53. The van der Waals surface area contributed by atoms with Crippen molar-refractivity contribution in [2.45, 2.75) is 57.3 Å². The summed E-state index contributed by atoms with van der Waals surface area (Å²) in [6, 6.07) is 2.05. The van der Waals surface area contributed by atoms with E-state index in [9.17, 15) is 9.59 Å².